The van der Waals surface area contributed by atoms with Crippen molar-refractivity contribution in [3.05, 3.63) is 29.3 Å². The summed E-state index contributed by atoms with van der Waals surface area (Å²) < 4.78 is 0. The average Bonchev–Trinajstić information content (AvgIpc) is 1.96. The number of rotatable bonds is 1. The first-order valence-corrected chi connectivity index (χ1v) is 4.39. The van der Waals surface area contributed by atoms with Gasteiger partial charge in [0.15, 0.2) is 0 Å². The number of carboxylic acid groups (broad SMARTS) is 1. The van der Waals surface area contributed by atoms with E-state index in [9.17, 15) is 4.79 Å². The topological polar surface area (TPSA) is 37.3 Å². The third-order valence-electron chi connectivity index (χ3n) is 1.68. The summed E-state index contributed by atoms with van der Waals surface area (Å²) in [4.78, 5) is 11.1. The van der Waals surface area contributed by atoms with E-state index in [-0.39, 0.29) is 0 Å². The summed E-state index contributed by atoms with van der Waals surface area (Å²) in [6.45, 7) is 3.98. The van der Waals surface area contributed by atoms with E-state index in [0.717, 1.165) is 22.2 Å². The normalized spacial score (nSPS) is 9.83. The van der Waals surface area contributed by atoms with E-state index in [1.54, 1.807) is 0 Å². The molecule has 1 aromatic rings. The van der Waals surface area contributed by atoms with Gasteiger partial charge in [0.2, 0.25) is 0 Å². The Labute approximate surface area is 75.6 Å². The zero-order valence-electron chi connectivity index (χ0n) is 7.00. The Morgan fingerprint density at radius 2 is 2.00 bits per heavy atom. The van der Waals surface area contributed by atoms with Gasteiger partial charge in [0.05, 0.1) is 0 Å². The van der Waals surface area contributed by atoms with Crippen LogP contribution in [0.3, 0.4) is 0 Å². The molecule has 1 aromatic carbocycles. The molecule has 0 atom stereocenters. The summed E-state index contributed by atoms with van der Waals surface area (Å²) in [5.41, 5.74) is 2.31. The molecule has 64 valence electrons. The Kier molecular flexibility index (Phi) is 2.76. The SMILES string of the molecule is Cc1ccc(SC(=O)O)cc1C. The van der Waals surface area contributed by atoms with Crippen LogP contribution >= 0.6 is 11.8 Å². The first-order chi connectivity index (χ1) is 5.59. The fraction of sp³-hybridized carbons (Fsp3) is 0.222. The summed E-state index contributed by atoms with van der Waals surface area (Å²) >= 11 is 0.838. The molecule has 0 heterocycles. The lowest BCUT2D eigenvalue weighted by Gasteiger charge is -2.01. The Bertz CT molecular complexity index is 307. The molecule has 0 aromatic heterocycles. The number of thioether (sulfide) groups is 1. The molecule has 3 heteroatoms. The van der Waals surface area contributed by atoms with Gasteiger partial charge >= 0.3 is 5.30 Å². The molecule has 0 aliphatic heterocycles. The highest BCUT2D eigenvalue weighted by Crippen LogP contribution is 2.21. The van der Waals surface area contributed by atoms with Crippen molar-refractivity contribution in [2.45, 2.75) is 18.7 Å². The minimum Gasteiger partial charge on any atom is -0.473 e. The molecule has 0 saturated heterocycles. The molecule has 1 N–H and O–H groups in total. The number of carbonyl (C=O) groups is 1. The maximum atomic E-state index is 10.3. The zero-order chi connectivity index (χ0) is 9.14. The van der Waals surface area contributed by atoms with Crippen LogP contribution in [0.15, 0.2) is 23.1 Å². The highest BCUT2D eigenvalue weighted by atomic mass is 32.2. The molecule has 0 radical (unpaired) electrons. The number of aryl methyl sites for hydroxylation is 2. The summed E-state index contributed by atoms with van der Waals surface area (Å²) in [6.07, 6.45) is 0. The number of hydrogen-bond donors (Lipinski definition) is 1. The molecule has 0 spiro atoms. The van der Waals surface area contributed by atoms with Crippen molar-refractivity contribution < 1.29 is 9.90 Å². The van der Waals surface area contributed by atoms with E-state index < -0.39 is 5.30 Å². The van der Waals surface area contributed by atoms with Crippen molar-refractivity contribution in [3.63, 3.8) is 0 Å². The lowest BCUT2D eigenvalue weighted by molar-refractivity contribution is 0.222. The van der Waals surface area contributed by atoms with Crippen molar-refractivity contribution >= 4 is 17.1 Å². The zero-order valence-corrected chi connectivity index (χ0v) is 7.81. The third kappa shape index (κ3) is 2.27. The van der Waals surface area contributed by atoms with Crippen molar-refractivity contribution in [2.24, 2.45) is 0 Å². The molecule has 12 heavy (non-hydrogen) atoms. The van der Waals surface area contributed by atoms with Crippen LogP contribution in [0.1, 0.15) is 11.1 Å². The van der Waals surface area contributed by atoms with Gasteiger partial charge in [-0.15, -0.1) is 0 Å². The van der Waals surface area contributed by atoms with E-state index in [0.29, 0.717) is 0 Å². The average molecular weight is 182 g/mol. The van der Waals surface area contributed by atoms with Gasteiger partial charge in [-0.2, -0.15) is 0 Å². The van der Waals surface area contributed by atoms with E-state index in [1.165, 1.54) is 5.56 Å². The van der Waals surface area contributed by atoms with Crippen LogP contribution in [-0.2, 0) is 0 Å². The van der Waals surface area contributed by atoms with Gasteiger partial charge in [-0.3, -0.25) is 0 Å². The second-order valence-electron chi connectivity index (χ2n) is 2.61. The van der Waals surface area contributed by atoms with Crippen LogP contribution in [0.5, 0.6) is 0 Å². The predicted molar refractivity (Wildman–Crippen MR) is 49.8 cm³/mol. The fourth-order valence-corrected chi connectivity index (χ4v) is 1.45. The van der Waals surface area contributed by atoms with Gasteiger partial charge in [0.25, 0.3) is 0 Å². The van der Waals surface area contributed by atoms with E-state index in [4.69, 9.17) is 5.11 Å². The Morgan fingerprint density at radius 1 is 1.33 bits per heavy atom. The third-order valence-corrected chi connectivity index (χ3v) is 2.35. The monoisotopic (exact) mass is 182 g/mol. The van der Waals surface area contributed by atoms with Gasteiger partial charge in [-0.05, 0) is 48.9 Å². The Balaban J connectivity index is 2.89. The lowest BCUT2D eigenvalue weighted by Crippen LogP contribution is -1.85. The molecule has 0 bridgehead atoms. The molecule has 0 fully saturated rings. The minimum absolute atomic E-state index is 0.783. The molecular formula is C9H10O2S. The molecule has 0 unspecified atom stereocenters. The van der Waals surface area contributed by atoms with Crippen molar-refractivity contribution in [2.75, 3.05) is 0 Å². The van der Waals surface area contributed by atoms with Gasteiger partial charge in [-0.25, -0.2) is 4.79 Å². The molecule has 0 amide bonds. The van der Waals surface area contributed by atoms with E-state index in [2.05, 4.69) is 0 Å². The van der Waals surface area contributed by atoms with Crippen LogP contribution in [0.2, 0.25) is 0 Å². The van der Waals surface area contributed by atoms with Crippen molar-refractivity contribution in [1.82, 2.24) is 0 Å². The summed E-state index contributed by atoms with van der Waals surface area (Å²) in [5, 5.41) is 7.63. The highest BCUT2D eigenvalue weighted by Gasteiger charge is 2.01. The first kappa shape index (κ1) is 9.13. The predicted octanol–water partition coefficient (Wildman–Crippen LogP) is 3.07. The standard InChI is InChI=1S/C9H10O2S/c1-6-3-4-8(5-7(6)2)12-9(10)11/h3-5H,1-2H3,(H,10,11). The largest absolute Gasteiger partial charge is 0.473 e. The second-order valence-corrected chi connectivity index (χ2v) is 3.64. The van der Waals surface area contributed by atoms with Crippen LogP contribution in [0.4, 0.5) is 4.79 Å². The van der Waals surface area contributed by atoms with Gasteiger partial charge in [0.1, 0.15) is 0 Å². The lowest BCUT2D eigenvalue weighted by atomic mass is 10.1. The number of hydrogen-bond acceptors (Lipinski definition) is 2. The highest BCUT2D eigenvalue weighted by molar-refractivity contribution is 8.13. The molecular weight excluding hydrogens is 172 g/mol. The van der Waals surface area contributed by atoms with Crippen molar-refractivity contribution in [1.29, 1.82) is 0 Å². The summed E-state index contributed by atoms with van der Waals surface area (Å²) in [6, 6.07) is 5.63. The molecule has 1 rings (SSSR count). The molecule has 0 aliphatic carbocycles. The Morgan fingerprint density at radius 3 is 2.50 bits per heavy atom. The fourth-order valence-electron chi connectivity index (χ4n) is 0.878. The van der Waals surface area contributed by atoms with Crippen LogP contribution in [0, 0.1) is 13.8 Å². The summed E-state index contributed by atoms with van der Waals surface area (Å²) in [5.74, 6) is 0. The van der Waals surface area contributed by atoms with Crippen LogP contribution < -0.4 is 0 Å². The first-order valence-electron chi connectivity index (χ1n) is 3.57. The molecule has 2 nitrogen and oxygen atoms in total. The van der Waals surface area contributed by atoms with Crippen LogP contribution in [0.25, 0.3) is 0 Å². The maximum absolute atomic E-state index is 10.3. The quantitative estimate of drug-likeness (QED) is 0.678. The molecule has 0 saturated carbocycles. The van der Waals surface area contributed by atoms with E-state index in [1.807, 2.05) is 32.0 Å². The maximum Gasteiger partial charge on any atom is 0.369 e. The van der Waals surface area contributed by atoms with Crippen LogP contribution in [-0.4, -0.2) is 10.4 Å². The van der Waals surface area contributed by atoms with Gasteiger partial charge < -0.3 is 5.11 Å². The van der Waals surface area contributed by atoms with Crippen molar-refractivity contribution in [3.8, 4) is 0 Å². The van der Waals surface area contributed by atoms with E-state index >= 15 is 0 Å². The Hall–Kier alpha value is -0.960. The van der Waals surface area contributed by atoms with Gasteiger partial charge in [0, 0.05) is 4.90 Å². The second kappa shape index (κ2) is 3.63. The number of benzene rings is 1. The summed E-state index contributed by atoms with van der Waals surface area (Å²) in [7, 11) is 0. The smallest absolute Gasteiger partial charge is 0.369 e. The molecule has 0 aliphatic rings. The minimum atomic E-state index is -0.863. The van der Waals surface area contributed by atoms with Gasteiger partial charge in [-0.1, -0.05) is 6.07 Å².